The first-order valence-corrected chi connectivity index (χ1v) is 10.0. The van der Waals surface area contributed by atoms with Gasteiger partial charge in [-0.3, -0.25) is 4.79 Å². The predicted octanol–water partition coefficient (Wildman–Crippen LogP) is 5.22. The van der Waals surface area contributed by atoms with Gasteiger partial charge < -0.3 is 10.1 Å². The van der Waals surface area contributed by atoms with Gasteiger partial charge >= 0.3 is 0 Å². The van der Waals surface area contributed by atoms with E-state index in [0.717, 1.165) is 34.3 Å². The zero-order chi connectivity index (χ0) is 19.5. The number of hydrogen-bond donors (Lipinski definition) is 1. The van der Waals surface area contributed by atoms with E-state index in [2.05, 4.69) is 12.2 Å². The van der Waals surface area contributed by atoms with Crippen molar-refractivity contribution < 1.29 is 9.53 Å². The van der Waals surface area contributed by atoms with Crippen molar-refractivity contribution in [2.45, 2.75) is 38.6 Å². The summed E-state index contributed by atoms with van der Waals surface area (Å²) in [5.41, 5.74) is 3.28. The van der Waals surface area contributed by atoms with Crippen LogP contribution in [0.25, 0.3) is 22.2 Å². The van der Waals surface area contributed by atoms with Gasteiger partial charge in [-0.25, -0.2) is 4.98 Å². The second kappa shape index (κ2) is 8.01. The van der Waals surface area contributed by atoms with Crippen LogP contribution in [0.15, 0.2) is 54.6 Å². The van der Waals surface area contributed by atoms with E-state index < -0.39 is 0 Å². The lowest BCUT2D eigenvalue weighted by Crippen LogP contribution is -2.41. The molecule has 0 spiro atoms. The number of ether oxygens (including phenoxy) is 1. The van der Waals surface area contributed by atoms with E-state index in [1.807, 2.05) is 54.6 Å². The maximum Gasteiger partial charge on any atom is 0.252 e. The summed E-state index contributed by atoms with van der Waals surface area (Å²) in [6, 6.07) is 17.8. The number of fused-ring (bicyclic) bond motifs is 1. The highest BCUT2D eigenvalue weighted by molar-refractivity contribution is 6.07. The molecule has 1 fully saturated rings. The monoisotopic (exact) mass is 374 g/mol. The Balaban J connectivity index is 1.72. The van der Waals surface area contributed by atoms with Crippen molar-refractivity contribution in [3.8, 4) is 17.0 Å². The summed E-state index contributed by atoms with van der Waals surface area (Å²) < 4.78 is 5.25. The van der Waals surface area contributed by atoms with Gasteiger partial charge in [0.2, 0.25) is 0 Å². The zero-order valence-corrected chi connectivity index (χ0v) is 16.4. The standard InChI is InChI=1S/C24H26N2O2/c1-16-7-3-5-9-21(16)26-24(27)20-15-23(17-11-13-18(28-2)14-12-17)25-22-10-6-4-8-19(20)22/h4,6,8,10-16,21H,3,5,7,9H2,1-2H3,(H,26,27)/t16-,21-/m0/s1. The fourth-order valence-electron chi connectivity index (χ4n) is 4.05. The third-order valence-corrected chi connectivity index (χ3v) is 5.77. The van der Waals surface area contributed by atoms with E-state index in [4.69, 9.17) is 9.72 Å². The van der Waals surface area contributed by atoms with Crippen molar-refractivity contribution in [3.63, 3.8) is 0 Å². The molecule has 0 radical (unpaired) electrons. The highest BCUT2D eigenvalue weighted by atomic mass is 16.5. The van der Waals surface area contributed by atoms with Crippen LogP contribution in [0, 0.1) is 5.92 Å². The van der Waals surface area contributed by atoms with Crippen LogP contribution in [0.5, 0.6) is 5.75 Å². The van der Waals surface area contributed by atoms with Gasteiger partial charge in [0.25, 0.3) is 5.91 Å². The second-order valence-corrected chi connectivity index (χ2v) is 7.64. The first-order chi connectivity index (χ1) is 13.7. The topological polar surface area (TPSA) is 51.2 Å². The Morgan fingerprint density at radius 3 is 2.57 bits per heavy atom. The van der Waals surface area contributed by atoms with Crippen molar-refractivity contribution in [1.29, 1.82) is 0 Å². The van der Waals surface area contributed by atoms with Gasteiger partial charge in [-0.2, -0.15) is 0 Å². The molecule has 4 heteroatoms. The van der Waals surface area contributed by atoms with Gasteiger partial charge in [0.1, 0.15) is 5.75 Å². The lowest BCUT2D eigenvalue weighted by Gasteiger charge is -2.29. The van der Waals surface area contributed by atoms with E-state index in [1.165, 1.54) is 19.3 Å². The Morgan fingerprint density at radius 1 is 1.07 bits per heavy atom. The molecule has 2 atom stereocenters. The van der Waals surface area contributed by atoms with Gasteiger partial charge in [-0.15, -0.1) is 0 Å². The zero-order valence-electron chi connectivity index (χ0n) is 16.4. The number of carbonyl (C=O) groups is 1. The van der Waals surface area contributed by atoms with E-state index >= 15 is 0 Å². The number of carbonyl (C=O) groups excluding carboxylic acids is 1. The third-order valence-electron chi connectivity index (χ3n) is 5.77. The highest BCUT2D eigenvalue weighted by Gasteiger charge is 2.24. The Morgan fingerprint density at radius 2 is 1.82 bits per heavy atom. The van der Waals surface area contributed by atoms with E-state index in [1.54, 1.807) is 7.11 Å². The molecular weight excluding hydrogens is 348 g/mol. The molecule has 0 unspecified atom stereocenters. The molecular formula is C24H26N2O2. The average Bonchev–Trinajstić information content (AvgIpc) is 2.74. The minimum Gasteiger partial charge on any atom is -0.497 e. The molecule has 0 aliphatic heterocycles. The minimum absolute atomic E-state index is 0.00730. The smallest absolute Gasteiger partial charge is 0.252 e. The SMILES string of the molecule is COc1ccc(-c2cc(C(=O)N[C@H]3CCCC[C@@H]3C)c3ccccc3n2)cc1. The molecule has 4 nitrogen and oxygen atoms in total. The lowest BCUT2D eigenvalue weighted by molar-refractivity contribution is 0.0912. The van der Waals surface area contributed by atoms with Crippen LogP contribution in [-0.2, 0) is 0 Å². The summed E-state index contributed by atoms with van der Waals surface area (Å²) in [4.78, 5) is 18.0. The number of rotatable bonds is 4. The molecule has 2 aromatic carbocycles. The maximum absolute atomic E-state index is 13.2. The van der Waals surface area contributed by atoms with Crippen molar-refractivity contribution in [2.75, 3.05) is 7.11 Å². The largest absolute Gasteiger partial charge is 0.497 e. The van der Waals surface area contributed by atoms with E-state index in [9.17, 15) is 4.79 Å². The number of pyridine rings is 1. The number of aromatic nitrogens is 1. The van der Waals surface area contributed by atoms with Gasteiger partial charge in [-0.05, 0) is 55.2 Å². The molecule has 0 saturated heterocycles. The molecule has 3 aromatic rings. The minimum atomic E-state index is -0.00730. The summed E-state index contributed by atoms with van der Waals surface area (Å²) >= 11 is 0. The number of methoxy groups -OCH3 is 1. The van der Waals surface area contributed by atoms with Gasteiger partial charge in [0.05, 0.1) is 23.9 Å². The normalized spacial score (nSPS) is 19.4. The van der Waals surface area contributed by atoms with Crippen LogP contribution in [0.2, 0.25) is 0 Å². The predicted molar refractivity (Wildman–Crippen MR) is 113 cm³/mol. The van der Waals surface area contributed by atoms with Crippen molar-refractivity contribution in [3.05, 3.63) is 60.2 Å². The van der Waals surface area contributed by atoms with Gasteiger partial charge in [-0.1, -0.05) is 38.0 Å². The number of amides is 1. The number of para-hydroxylation sites is 1. The van der Waals surface area contributed by atoms with Crippen LogP contribution in [-0.4, -0.2) is 24.0 Å². The maximum atomic E-state index is 13.2. The van der Waals surface area contributed by atoms with Crippen LogP contribution in [0.3, 0.4) is 0 Å². The summed E-state index contributed by atoms with van der Waals surface area (Å²) in [6.07, 6.45) is 4.68. The van der Waals surface area contributed by atoms with Crippen LogP contribution < -0.4 is 10.1 Å². The molecule has 144 valence electrons. The molecule has 1 aliphatic carbocycles. The Hall–Kier alpha value is -2.88. The van der Waals surface area contributed by atoms with E-state index in [0.29, 0.717) is 11.5 Å². The molecule has 4 rings (SSSR count). The van der Waals surface area contributed by atoms with Crippen molar-refractivity contribution in [2.24, 2.45) is 5.92 Å². The van der Waals surface area contributed by atoms with E-state index in [-0.39, 0.29) is 11.9 Å². The Kier molecular flexibility index (Phi) is 5.29. The molecule has 1 aromatic heterocycles. The average molecular weight is 374 g/mol. The van der Waals surface area contributed by atoms with Gasteiger partial charge in [0.15, 0.2) is 0 Å². The fraction of sp³-hybridized carbons (Fsp3) is 0.333. The number of benzene rings is 2. The molecule has 1 heterocycles. The van der Waals surface area contributed by atoms with Crippen LogP contribution in [0.1, 0.15) is 43.0 Å². The molecule has 0 bridgehead atoms. The first kappa shape index (κ1) is 18.5. The number of nitrogens with zero attached hydrogens (tertiary/aromatic N) is 1. The first-order valence-electron chi connectivity index (χ1n) is 10.0. The second-order valence-electron chi connectivity index (χ2n) is 7.64. The van der Waals surface area contributed by atoms with Crippen LogP contribution >= 0.6 is 0 Å². The number of hydrogen-bond acceptors (Lipinski definition) is 3. The molecule has 1 N–H and O–H groups in total. The molecule has 1 amide bonds. The molecule has 1 aliphatic rings. The summed E-state index contributed by atoms with van der Waals surface area (Å²) in [5, 5.41) is 4.18. The van der Waals surface area contributed by atoms with Crippen LogP contribution in [0.4, 0.5) is 0 Å². The highest BCUT2D eigenvalue weighted by Crippen LogP contribution is 2.28. The van der Waals surface area contributed by atoms with Crippen molar-refractivity contribution in [1.82, 2.24) is 10.3 Å². The lowest BCUT2D eigenvalue weighted by atomic mass is 9.85. The number of nitrogens with one attached hydrogen (secondary N) is 1. The van der Waals surface area contributed by atoms with Crippen molar-refractivity contribution >= 4 is 16.8 Å². The summed E-state index contributed by atoms with van der Waals surface area (Å²) in [5.74, 6) is 1.31. The molecule has 1 saturated carbocycles. The fourth-order valence-corrected chi connectivity index (χ4v) is 4.05. The third kappa shape index (κ3) is 3.72. The van der Waals surface area contributed by atoms with Gasteiger partial charge in [0, 0.05) is 17.0 Å². The Bertz CT molecular complexity index is 982. The molecule has 28 heavy (non-hydrogen) atoms. The Labute approximate surface area is 165 Å². The summed E-state index contributed by atoms with van der Waals surface area (Å²) in [6.45, 7) is 2.23. The quantitative estimate of drug-likeness (QED) is 0.681. The summed E-state index contributed by atoms with van der Waals surface area (Å²) in [7, 11) is 1.65.